The average molecular weight is 360 g/mol. The summed E-state index contributed by atoms with van der Waals surface area (Å²) in [6, 6.07) is 9.54. The van der Waals surface area contributed by atoms with E-state index in [1.165, 1.54) is 0 Å². The van der Waals surface area contributed by atoms with E-state index < -0.39 is 0 Å². The van der Waals surface area contributed by atoms with Crippen LogP contribution in [0.2, 0.25) is 0 Å². The van der Waals surface area contributed by atoms with Crippen molar-refractivity contribution in [2.45, 2.75) is 19.8 Å². The van der Waals surface area contributed by atoms with Crippen LogP contribution >= 0.6 is 12.2 Å². The molecule has 3 rings (SSSR count). The lowest BCUT2D eigenvalue weighted by atomic mass is 9.99. The molecule has 1 fully saturated rings. The van der Waals surface area contributed by atoms with Crippen molar-refractivity contribution in [1.82, 2.24) is 14.3 Å². The van der Waals surface area contributed by atoms with Gasteiger partial charge < -0.3 is 15.3 Å². The van der Waals surface area contributed by atoms with Gasteiger partial charge in [0.15, 0.2) is 5.11 Å². The molecule has 0 amide bonds. The van der Waals surface area contributed by atoms with Crippen molar-refractivity contribution in [3.05, 3.63) is 46.4 Å². The number of aromatic nitrogens is 2. The summed E-state index contributed by atoms with van der Waals surface area (Å²) in [6.45, 7) is 3.64. The fourth-order valence-corrected chi connectivity index (χ4v) is 3.56. The van der Waals surface area contributed by atoms with Crippen LogP contribution in [0.1, 0.15) is 18.5 Å². The van der Waals surface area contributed by atoms with Crippen LogP contribution in [0.15, 0.2) is 35.1 Å². The topological polar surface area (TPSA) is 62.4 Å². The summed E-state index contributed by atoms with van der Waals surface area (Å²) in [5.41, 5.74) is 2.02. The first-order valence-corrected chi connectivity index (χ1v) is 8.94. The summed E-state index contributed by atoms with van der Waals surface area (Å²) >= 11 is 5.52. The van der Waals surface area contributed by atoms with Crippen LogP contribution < -0.4 is 10.9 Å². The minimum Gasteiger partial charge on any atom is -0.396 e. The Hall–Kier alpha value is -2.12. The fraction of sp³-hybridized carbons (Fsp3) is 0.444. The van der Waals surface area contributed by atoms with E-state index in [0.29, 0.717) is 10.8 Å². The van der Waals surface area contributed by atoms with E-state index in [9.17, 15) is 9.90 Å². The molecule has 1 aromatic carbocycles. The molecular weight excluding hydrogens is 336 g/mol. The van der Waals surface area contributed by atoms with Crippen LogP contribution in [-0.2, 0) is 7.05 Å². The molecule has 1 aliphatic heterocycles. The first-order chi connectivity index (χ1) is 12.0. The molecule has 2 N–H and O–H groups in total. The van der Waals surface area contributed by atoms with Crippen molar-refractivity contribution >= 4 is 23.0 Å². The lowest BCUT2D eigenvalue weighted by molar-refractivity contribution is 0.162. The molecule has 25 heavy (non-hydrogen) atoms. The predicted molar refractivity (Wildman–Crippen MR) is 103 cm³/mol. The molecule has 7 heteroatoms. The van der Waals surface area contributed by atoms with Gasteiger partial charge in [-0.1, -0.05) is 18.2 Å². The van der Waals surface area contributed by atoms with E-state index in [4.69, 9.17) is 12.2 Å². The number of aliphatic hydroxyl groups is 1. The summed E-state index contributed by atoms with van der Waals surface area (Å²) in [6.07, 6.45) is 2.01. The molecule has 1 saturated heterocycles. The van der Waals surface area contributed by atoms with Gasteiger partial charge in [0, 0.05) is 26.7 Å². The summed E-state index contributed by atoms with van der Waals surface area (Å²) < 4.78 is 3.46. The van der Waals surface area contributed by atoms with Gasteiger partial charge in [-0.25, -0.2) is 4.68 Å². The maximum atomic E-state index is 12.9. The standard InChI is InChI=1S/C18H24N4O2S/c1-13-16(19-18(25)21-10-6-7-14(11-21)12-23)17(24)22(20(13)2)15-8-4-3-5-9-15/h3-5,8-9,14,23H,6-7,10-12H2,1-2H3,(H,19,25). The van der Waals surface area contributed by atoms with Gasteiger partial charge in [-0.3, -0.25) is 9.48 Å². The third-order valence-corrected chi connectivity index (χ3v) is 5.21. The number of likely N-dealkylation sites (tertiary alicyclic amines) is 1. The monoisotopic (exact) mass is 360 g/mol. The van der Waals surface area contributed by atoms with E-state index in [0.717, 1.165) is 37.3 Å². The van der Waals surface area contributed by atoms with Crippen molar-refractivity contribution in [3.8, 4) is 5.69 Å². The molecular formula is C18H24N4O2S. The Morgan fingerprint density at radius 3 is 2.76 bits per heavy atom. The van der Waals surface area contributed by atoms with Crippen LogP contribution in [0.3, 0.4) is 0 Å². The normalized spacial score (nSPS) is 17.6. The Morgan fingerprint density at radius 1 is 1.36 bits per heavy atom. The number of piperidine rings is 1. The first kappa shape index (κ1) is 17.7. The fourth-order valence-electron chi connectivity index (χ4n) is 3.30. The molecule has 1 atom stereocenters. The number of rotatable bonds is 3. The molecule has 2 aromatic rings. The highest BCUT2D eigenvalue weighted by Crippen LogP contribution is 2.18. The highest BCUT2D eigenvalue weighted by Gasteiger charge is 2.23. The van der Waals surface area contributed by atoms with Crippen LogP contribution in [0.5, 0.6) is 0 Å². The van der Waals surface area contributed by atoms with Gasteiger partial charge in [-0.05, 0) is 50.0 Å². The number of hydrogen-bond donors (Lipinski definition) is 2. The predicted octanol–water partition coefficient (Wildman–Crippen LogP) is 1.89. The van der Waals surface area contributed by atoms with Gasteiger partial charge in [-0.2, -0.15) is 0 Å². The minimum atomic E-state index is -0.121. The van der Waals surface area contributed by atoms with Crippen molar-refractivity contribution in [2.24, 2.45) is 13.0 Å². The number of nitrogens with one attached hydrogen (secondary N) is 1. The number of benzene rings is 1. The van der Waals surface area contributed by atoms with E-state index >= 15 is 0 Å². The number of thiocarbonyl (C=S) groups is 1. The first-order valence-electron chi connectivity index (χ1n) is 8.53. The van der Waals surface area contributed by atoms with E-state index in [-0.39, 0.29) is 18.1 Å². The van der Waals surface area contributed by atoms with Crippen molar-refractivity contribution in [1.29, 1.82) is 0 Å². The van der Waals surface area contributed by atoms with Crippen LogP contribution in [0, 0.1) is 12.8 Å². The third-order valence-electron chi connectivity index (χ3n) is 4.85. The molecule has 2 heterocycles. The van der Waals surface area contributed by atoms with Crippen molar-refractivity contribution in [2.75, 3.05) is 25.0 Å². The van der Waals surface area contributed by atoms with Crippen LogP contribution in [-0.4, -0.2) is 44.2 Å². The highest BCUT2D eigenvalue weighted by atomic mass is 32.1. The smallest absolute Gasteiger partial charge is 0.295 e. The number of aliphatic hydroxyl groups excluding tert-OH is 1. The Morgan fingerprint density at radius 2 is 2.08 bits per heavy atom. The maximum absolute atomic E-state index is 12.9. The second kappa shape index (κ2) is 7.41. The Kier molecular flexibility index (Phi) is 5.24. The molecule has 134 valence electrons. The zero-order valence-corrected chi connectivity index (χ0v) is 15.4. The Bertz CT molecular complexity index is 812. The lowest BCUT2D eigenvalue weighted by Crippen LogP contribution is -2.43. The van der Waals surface area contributed by atoms with Crippen LogP contribution in [0.4, 0.5) is 5.69 Å². The van der Waals surface area contributed by atoms with Crippen LogP contribution in [0.25, 0.3) is 5.69 Å². The second-order valence-corrected chi connectivity index (χ2v) is 6.89. The van der Waals surface area contributed by atoms with Gasteiger partial charge in [0.1, 0.15) is 5.69 Å². The van der Waals surface area contributed by atoms with E-state index in [2.05, 4.69) is 5.32 Å². The Balaban J connectivity index is 1.86. The number of hydrogen-bond acceptors (Lipinski definition) is 3. The molecule has 0 spiro atoms. The van der Waals surface area contributed by atoms with Gasteiger partial charge in [0.05, 0.1) is 11.4 Å². The number of para-hydroxylation sites is 1. The van der Waals surface area contributed by atoms with Gasteiger partial charge >= 0.3 is 0 Å². The zero-order valence-electron chi connectivity index (χ0n) is 14.6. The SMILES string of the molecule is Cc1c(NC(=S)N2CCCC(CO)C2)c(=O)n(-c2ccccc2)n1C. The minimum absolute atomic E-state index is 0.121. The van der Waals surface area contributed by atoms with Crippen molar-refractivity contribution < 1.29 is 5.11 Å². The quantitative estimate of drug-likeness (QED) is 0.819. The molecule has 6 nitrogen and oxygen atoms in total. The zero-order chi connectivity index (χ0) is 18.0. The summed E-state index contributed by atoms with van der Waals surface area (Å²) in [4.78, 5) is 15.0. The molecule has 1 aromatic heterocycles. The summed E-state index contributed by atoms with van der Waals surface area (Å²) in [5.74, 6) is 0.242. The van der Waals surface area contributed by atoms with E-state index in [1.807, 2.05) is 53.9 Å². The lowest BCUT2D eigenvalue weighted by Gasteiger charge is -2.33. The third kappa shape index (κ3) is 3.48. The van der Waals surface area contributed by atoms with Gasteiger partial charge in [0.25, 0.3) is 5.56 Å². The molecule has 0 aliphatic carbocycles. The maximum Gasteiger partial charge on any atom is 0.295 e. The van der Waals surface area contributed by atoms with Crippen molar-refractivity contribution in [3.63, 3.8) is 0 Å². The summed E-state index contributed by atoms with van der Waals surface area (Å²) in [7, 11) is 1.86. The second-order valence-electron chi connectivity index (χ2n) is 6.50. The molecule has 0 radical (unpaired) electrons. The Labute approximate surface area is 152 Å². The molecule has 1 aliphatic rings. The summed E-state index contributed by atoms with van der Waals surface area (Å²) in [5, 5.41) is 13.1. The highest BCUT2D eigenvalue weighted by molar-refractivity contribution is 7.80. The largest absolute Gasteiger partial charge is 0.396 e. The van der Waals surface area contributed by atoms with Gasteiger partial charge in [-0.15, -0.1) is 0 Å². The average Bonchev–Trinajstić information content (AvgIpc) is 2.85. The molecule has 0 bridgehead atoms. The number of anilines is 1. The number of nitrogens with zero attached hydrogens (tertiary/aromatic N) is 3. The molecule has 0 saturated carbocycles. The van der Waals surface area contributed by atoms with E-state index in [1.54, 1.807) is 4.68 Å². The molecule has 1 unspecified atom stereocenters. The van der Waals surface area contributed by atoms with Gasteiger partial charge in [0.2, 0.25) is 0 Å².